The summed E-state index contributed by atoms with van der Waals surface area (Å²) in [7, 11) is 0. The Bertz CT molecular complexity index is 593. The Kier molecular flexibility index (Phi) is 2.20. The molecule has 0 aliphatic heterocycles. The number of thiophene rings is 1. The average Bonchev–Trinajstić information content (AvgIpc) is 2.73. The highest BCUT2D eigenvalue weighted by molar-refractivity contribution is 7.19. The molecule has 1 aliphatic carbocycles. The third kappa shape index (κ3) is 1.62. The molecular weight excluding hydrogens is 230 g/mol. The van der Waals surface area contributed by atoms with Crippen LogP contribution in [-0.2, 0) is 18.3 Å². The summed E-state index contributed by atoms with van der Waals surface area (Å²) in [5.41, 5.74) is 7.49. The molecule has 3 rings (SSSR count). The van der Waals surface area contributed by atoms with Gasteiger partial charge < -0.3 is 5.73 Å². The second-order valence-corrected chi connectivity index (χ2v) is 6.80. The van der Waals surface area contributed by atoms with Gasteiger partial charge in [0, 0.05) is 10.3 Å². The van der Waals surface area contributed by atoms with Crippen LogP contribution < -0.4 is 5.73 Å². The van der Waals surface area contributed by atoms with Gasteiger partial charge in [0.15, 0.2) is 0 Å². The Labute approximate surface area is 105 Å². The summed E-state index contributed by atoms with van der Waals surface area (Å²) < 4.78 is 0. The van der Waals surface area contributed by atoms with Crippen LogP contribution in [0.5, 0.6) is 0 Å². The van der Waals surface area contributed by atoms with Crippen LogP contribution in [-0.4, -0.2) is 9.97 Å². The molecule has 2 N–H and O–H groups in total. The summed E-state index contributed by atoms with van der Waals surface area (Å²) in [4.78, 5) is 11.7. The first kappa shape index (κ1) is 11.0. The number of aryl methyl sites for hydroxylation is 2. The third-order valence-electron chi connectivity index (χ3n) is 3.26. The summed E-state index contributed by atoms with van der Waals surface area (Å²) in [6, 6.07) is 0. The highest BCUT2D eigenvalue weighted by Crippen LogP contribution is 2.39. The molecule has 0 radical (unpaired) electrons. The quantitative estimate of drug-likeness (QED) is 0.778. The normalized spacial score (nSPS) is 15.5. The number of aromatic nitrogens is 2. The summed E-state index contributed by atoms with van der Waals surface area (Å²) in [5.74, 6) is 1.52. The van der Waals surface area contributed by atoms with E-state index < -0.39 is 0 Å². The van der Waals surface area contributed by atoms with Crippen LogP contribution in [0.2, 0.25) is 0 Å². The van der Waals surface area contributed by atoms with Crippen molar-refractivity contribution in [3.63, 3.8) is 0 Å². The zero-order valence-corrected chi connectivity index (χ0v) is 11.3. The van der Waals surface area contributed by atoms with E-state index in [0.717, 1.165) is 22.5 Å². The van der Waals surface area contributed by atoms with E-state index in [1.807, 2.05) is 0 Å². The Morgan fingerprint density at radius 2 is 1.94 bits per heavy atom. The predicted molar refractivity (Wildman–Crippen MR) is 72.6 cm³/mol. The molecule has 17 heavy (non-hydrogen) atoms. The van der Waals surface area contributed by atoms with E-state index in [1.54, 1.807) is 11.3 Å². The zero-order chi connectivity index (χ0) is 12.2. The molecule has 0 fully saturated rings. The van der Waals surface area contributed by atoms with Gasteiger partial charge in [-0.1, -0.05) is 20.8 Å². The number of hydrogen-bond donors (Lipinski definition) is 1. The van der Waals surface area contributed by atoms with Crippen molar-refractivity contribution in [2.24, 2.45) is 0 Å². The second-order valence-electron chi connectivity index (χ2n) is 5.72. The molecule has 90 valence electrons. The van der Waals surface area contributed by atoms with Crippen LogP contribution in [0, 0.1) is 0 Å². The SMILES string of the molecule is CC(C)(C)c1nc(N)c2c3c(sc2n1)CCC3. The van der Waals surface area contributed by atoms with Crippen LogP contribution in [0.4, 0.5) is 5.82 Å². The maximum absolute atomic E-state index is 6.13. The molecule has 0 spiro atoms. The summed E-state index contributed by atoms with van der Waals surface area (Å²) in [5, 5.41) is 1.12. The minimum absolute atomic E-state index is 0.0449. The fraction of sp³-hybridized carbons (Fsp3) is 0.538. The molecule has 1 aliphatic rings. The lowest BCUT2D eigenvalue weighted by Crippen LogP contribution is -2.16. The first-order valence-electron chi connectivity index (χ1n) is 6.05. The molecule has 0 bridgehead atoms. The third-order valence-corrected chi connectivity index (χ3v) is 4.45. The van der Waals surface area contributed by atoms with Crippen molar-refractivity contribution in [3.05, 3.63) is 16.3 Å². The van der Waals surface area contributed by atoms with E-state index in [9.17, 15) is 0 Å². The van der Waals surface area contributed by atoms with Gasteiger partial charge in [-0.15, -0.1) is 11.3 Å². The van der Waals surface area contributed by atoms with Gasteiger partial charge in [0.25, 0.3) is 0 Å². The van der Waals surface area contributed by atoms with Crippen LogP contribution >= 0.6 is 11.3 Å². The Hall–Kier alpha value is -1.16. The number of nitrogens with zero attached hydrogens (tertiary/aromatic N) is 2. The van der Waals surface area contributed by atoms with Crippen molar-refractivity contribution in [2.45, 2.75) is 45.4 Å². The number of nitrogens with two attached hydrogens (primary N) is 1. The molecule has 2 heterocycles. The lowest BCUT2D eigenvalue weighted by Gasteiger charge is -2.16. The summed E-state index contributed by atoms with van der Waals surface area (Å²) in [6.07, 6.45) is 3.57. The maximum Gasteiger partial charge on any atom is 0.137 e. The van der Waals surface area contributed by atoms with E-state index >= 15 is 0 Å². The molecular formula is C13H17N3S. The van der Waals surface area contributed by atoms with Crippen LogP contribution in [0.15, 0.2) is 0 Å². The highest BCUT2D eigenvalue weighted by Gasteiger charge is 2.24. The van der Waals surface area contributed by atoms with Crippen LogP contribution in [0.3, 0.4) is 0 Å². The van der Waals surface area contributed by atoms with Crippen molar-refractivity contribution in [2.75, 3.05) is 5.73 Å². The Morgan fingerprint density at radius 1 is 1.18 bits per heavy atom. The minimum Gasteiger partial charge on any atom is -0.383 e. The van der Waals surface area contributed by atoms with E-state index in [4.69, 9.17) is 10.7 Å². The zero-order valence-electron chi connectivity index (χ0n) is 10.5. The molecule has 0 aromatic carbocycles. The van der Waals surface area contributed by atoms with Gasteiger partial charge in [-0.3, -0.25) is 0 Å². The van der Waals surface area contributed by atoms with Crippen molar-refractivity contribution in [1.82, 2.24) is 9.97 Å². The molecule has 0 saturated carbocycles. The van der Waals surface area contributed by atoms with Crippen molar-refractivity contribution in [1.29, 1.82) is 0 Å². The Balaban J connectivity index is 2.29. The highest BCUT2D eigenvalue weighted by atomic mass is 32.1. The predicted octanol–water partition coefficient (Wildman–Crippen LogP) is 3.06. The van der Waals surface area contributed by atoms with Gasteiger partial charge in [0.1, 0.15) is 16.5 Å². The van der Waals surface area contributed by atoms with Gasteiger partial charge in [-0.2, -0.15) is 0 Å². The van der Waals surface area contributed by atoms with Crippen molar-refractivity contribution < 1.29 is 0 Å². The van der Waals surface area contributed by atoms with E-state index in [-0.39, 0.29) is 5.41 Å². The second kappa shape index (κ2) is 3.42. The first-order valence-corrected chi connectivity index (χ1v) is 6.86. The molecule has 3 nitrogen and oxygen atoms in total. The van der Waals surface area contributed by atoms with E-state index in [2.05, 4.69) is 25.8 Å². The van der Waals surface area contributed by atoms with Crippen LogP contribution in [0.1, 0.15) is 43.5 Å². The smallest absolute Gasteiger partial charge is 0.137 e. The molecule has 0 saturated heterocycles. The monoisotopic (exact) mass is 247 g/mol. The summed E-state index contributed by atoms with van der Waals surface area (Å²) >= 11 is 1.80. The minimum atomic E-state index is -0.0449. The summed E-state index contributed by atoms with van der Waals surface area (Å²) in [6.45, 7) is 6.36. The maximum atomic E-state index is 6.13. The number of anilines is 1. The largest absolute Gasteiger partial charge is 0.383 e. The Morgan fingerprint density at radius 3 is 2.65 bits per heavy atom. The topological polar surface area (TPSA) is 51.8 Å². The lowest BCUT2D eigenvalue weighted by atomic mass is 9.95. The molecule has 0 atom stereocenters. The molecule has 4 heteroatoms. The van der Waals surface area contributed by atoms with Gasteiger partial charge in [-0.05, 0) is 24.8 Å². The van der Waals surface area contributed by atoms with E-state index in [1.165, 1.54) is 23.3 Å². The molecule has 2 aromatic rings. The van der Waals surface area contributed by atoms with Gasteiger partial charge in [0.2, 0.25) is 0 Å². The molecule has 2 aromatic heterocycles. The lowest BCUT2D eigenvalue weighted by molar-refractivity contribution is 0.549. The first-order chi connectivity index (χ1) is 7.97. The van der Waals surface area contributed by atoms with Gasteiger partial charge >= 0.3 is 0 Å². The fourth-order valence-electron chi connectivity index (χ4n) is 2.36. The average molecular weight is 247 g/mol. The number of nitrogen functional groups attached to an aromatic ring is 1. The fourth-order valence-corrected chi connectivity index (χ4v) is 3.63. The number of hydrogen-bond acceptors (Lipinski definition) is 4. The standard InChI is InChI=1S/C13H17N3S/c1-13(2,3)12-15-10(14)9-7-5-4-6-8(7)17-11(9)16-12/h4-6H2,1-3H3,(H2,14,15,16). The van der Waals surface area contributed by atoms with Crippen molar-refractivity contribution >= 4 is 27.4 Å². The van der Waals surface area contributed by atoms with E-state index in [0.29, 0.717) is 5.82 Å². The number of rotatable bonds is 0. The molecule has 0 unspecified atom stereocenters. The van der Waals surface area contributed by atoms with Crippen LogP contribution in [0.25, 0.3) is 10.2 Å². The van der Waals surface area contributed by atoms with Crippen molar-refractivity contribution in [3.8, 4) is 0 Å². The molecule has 0 amide bonds. The van der Waals surface area contributed by atoms with Gasteiger partial charge in [0.05, 0.1) is 5.39 Å². The van der Waals surface area contributed by atoms with Gasteiger partial charge in [-0.25, -0.2) is 9.97 Å². The number of fused-ring (bicyclic) bond motifs is 3.